The Bertz CT molecular complexity index is 980. The molecule has 0 aliphatic heterocycles. The minimum atomic E-state index is -0.397. The van der Waals surface area contributed by atoms with Crippen molar-refractivity contribution in [2.45, 2.75) is 33.4 Å². The average molecular weight is 336 g/mol. The summed E-state index contributed by atoms with van der Waals surface area (Å²) in [6.07, 6.45) is 4.96. The maximum atomic E-state index is 12.7. The smallest absolute Gasteiger partial charge is 0.257 e. The summed E-state index contributed by atoms with van der Waals surface area (Å²) in [6, 6.07) is 6.96. The summed E-state index contributed by atoms with van der Waals surface area (Å²) in [5.74, 6) is -0.397. The molecule has 0 spiro atoms. The fraction of sp³-hybridized carbons (Fsp3) is 0.263. The van der Waals surface area contributed by atoms with Crippen LogP contribution in [-0.2, 0) is 6.54 Å². The van der Waals surface area contributed by atoms with E-state index in [9.17, 15) is 9.59 Å². The molecule has 3 heterocycles. The van der Waals surface area contributed by atoms with Crippen molar-refractivity contribution in [1.29, 1.82) is 0 Å². The van der Waals surface area contributed by atoms with Gasteiger partial charge in [-0.25, -0.2) is 4.98 Å². The zero-order valence-electron chi connectivity index (χ0n) is 14.5. The lowest BCUT2D eigenvalue weighted by Crippen LogP contribution is -2.32. The molecule has 0 unspecified atom stereocenters. The van der Waals surface area contributed by atoms with Gasteiger partial charge in [-0.3, -0.25) is 14.6 Å². The van der Waals surface area contributed by atoms with Crippen LogP contribution in [0.2, 0.25) is 0 Å². The molecule has 0 fully saturated rings. The van der Waals surface area contributed by atoms with Gasteiger partial charge in [-0.1, -0.05) is 6.07 Å². The highest BCUT2D eigenvalue weighted by Gasteiger charge is 2.18. The second-order valence-electron chi connectivity index (χ2n) is 5.96. The van der Waals surface area contributed by atoms with E-state index < -0.39 is 5.91 Å². The van der Waals surface area contributed by atoms with Gasteiger partial charge in [-0.2, -0.15) is 0 Å². The Hall–Kier alpha value is -3.02. The van der Waals surface area contributed by atoms with E-state index in [2.05, 4.69) is 15.3 Å². The first-order valence-corrected chi connectivity index (χ1v) is 8.23. The van der Waals surface area contributed by atoms with Crippen molar-refractivity contribution in [3.63, 3.8) is 0 Å². The van der Waals surface area contributed by atoms with Gasteiger partial charge >= 0.3 is 0 Å². The molecule has 0 radical (unpaired) electrons. The van der Waals surface area contributed by atoms with Crippen LogP contribution in [0, 0.1) is 6.92 Å². The Kier molecular flexibility index (Phi) is 4.61. The highest BCUT2D eigenvalue weighted by Crippen LogP contribution is 2.13. The first-order valence-electron chi connectivity index (χ1n) is 8.23. The van der Waals surface area contributed by atoms with Gasteiger partial charge in [-0.05, 0) is 44.5 Å². The van der Waals surface area contributed by atoms with Gasteiger partial charge in [0.05, 0.1) is 11.4 Å². The molecule has 0 saturated carbocycles. The van der Waals surface area contributed by atoms with Gasteiger partial charge in [0.25, 0.3) is 5.91 Å². The first-order chi connectivity index (χ1) is 12.0. The highest BCUT2D eigenvalue weighted by molar-refractivity contribution is 5.97. The van der Waals surface area contributed by atoms with Gasteiger partial charge < -0.3 is 9.88 Å². The van der Waals surface area contributed by atoms with E-state index in [4.69, 9.17) is 0 Å². The fourth-order valence-corrected chi connectivity index (χ4v) is 2.75. The predicted molar refractivity (Wildman–Crippen MR) is 96.5 cm³/mol. The van der Waals surface area contributed by atoms with Crippen molar-refractivity contribution >= 4 is 16.9 Å². The van der Waals surface area contributed by atoms with E-state index in [0.29, 0.717) is 17.6 Å². The molecule has 25 heavy (non-hydrogen) atoms. The van der Waals surface area contributed by atoms with E-state index in [1.165, 1.54) is 0 Å². The topological polar surface area (TPSA) is 76.9 Å². The Morgan fingerprint density at radius 3 is 2.80 bits per heavy atom. The Labute approximate surface area is 145 Å². The van der Waals surface area contributed by atoms with Crippen molar-refractivity contribution in [3.05, 3.63) is 69.9 Å². The van der Waals surface area contributed by atoms with E-state index in [1.54, 1.807) is 30.7 Å². The average Bonchev–Trinajstić information content (AvgIpc) is 2.62. The van der Waals surface area contributed by atoms with Crippen LogP contribution in [0.1, 0.15) is 41.5 Å². The number of carbonyl (C=O) groups is 1. The fourth-order valence-electron chi connectivity index (χ4n) is 2.75. The minimum absolute atomic E-state index is 0.121. The molecule has 0 aliphatic carbocycles. The molecular weight excluding hydrogens is 316 g/mol. The second-order valence-corrected chi connectivity index (χ2v) is 5.96. The largest absolute Gasteiger partial charge is 0.345 e. The molecule has 1 atom stereocenters. The molecule has 3 aromatic rings. The van der Waals surface area contributed by atoms with Crippen molar-refractivity contribution < 1.29 is 4.79 Å². The molecule has 0 bridgehead atoms. The normalized spacial score (nSPS) is 12.1. The summed E-state index contributed by atoms with van der Waals surface area (Å²) in [5, 5.41) is 3.32. The number of aryl methyl sites for hydroxylation is 2. The lowest BCUT2D eigenvalue weighted by atomic mass is 10.1. The van der Waals surface area contributed by atoms with E-state index in [0.717, 1.165) is 11.3 Å². The third-order valence-electron chi connectivity index (χ3n) is 4.18. The van der Waals surface area contributed by atoms with Crippen LogP contribution in [0.5, 0.6) is 0 Å². The lowest BCUT2D eigenvalue weighted by molar-refractivity contribution is 0.0938. The Balaban J connectivity index is 2.00. The number of nitrogens with one attached hydrogen (secondary N) is 1. The SMILES string of the molecule is CCn1cc(C(=O)N[C@@H](C)c2cccnc2)c(=O)c2ccc(C)nc21. The summed E-state index contributed by atoms with van der Waals surface area (Å²) in [6.45, 7) is 6.30. The molecule has 1 N–H and O–H groups in total. The minimum Gasteiger partial charge on any atom is -0.345 e. The van der Waals surface area contributed by atoms with E-state index in [1.807, 2.05) is 37.5 Å². The maximum Gasteiger partial charge on any atom is 0.257 e. The van der Waals surface area contributed by atoms with Crippen LogP contribution >= 0.6 is 0 Å². The third-order valence-corrected chi connectivity index (χ3v) is 4.18. The van der Waals surface area contributed by atoms with Crippen LogP contribution in [0.4, 0.5) is 0 Å². The summed E-state index contributed by atoms with van der Waals surface area (Å²) < 4.78 is 1.83. The van der Waals surface area contributed by atoms with Gasteiger partial charge in [-0.15, -0.1) is 0 Å². The van der Waals surface area contributed by atoms with Crippen molar-refractivity contribution in [2.24, 2.45) is 0 Å². The number of carbonyl (C=O) groups excluding carboxylic acids is 1. The molecule has 128 valence electrons. The van der Waals surface area contributed by atoms with Crippen LogP contribution in [0.3, 0.4) is 0 Å². The number of hydrogen-bond acceptors (Lipinski definition) is 4. The van der Waals surface area contributed by atoms with Crippen molar-refractivity contribution in [3.8, 4) is 0 Å². The number of amides is 1. The van der Waals surface area contributed by atoms with Gasteiger partial charge in [0.1, 0.15) is 11.2 Å². The summed E-state index contributed by atoms with van der Waals surface area (Å²) >= 11 is 0. The molecule has 1 amide bonds. The van der Waals surface area contributed by atoms with Gasteiger partial charge in [0.15, 0.2) is 0 Å². The highest BCUT2D eigenvalue weighted by atomic mass is 16.2. The molecule has 6 nitrogen and oxygen atoms in total. The number of aromatic nitrogens is 3. The third kappa shape index (κ3) is 3.28. The van der Waals surface area contributed by atoms with Gasteiger partial charge in [0.2, 0.25) is 5.43 Å². The van der Waals surface area contributed by atoms with Gasteiger partial charge in [0, 0.05) is 30.8 Å². The number of fused-ring (bicyclic) bond motifs is 1. The molecular formula is C19H20N4O2. The van der Waals surface area contributed by atoms with Crippen molar-refractivity contribution in [1.82, 2.24) is 19.9 Å². The molecule has 0 aromatic carbocycles. The number of rotatable bonds is 4. The van der Waals surface area contributed by atoms with Crippen LogP contribution < -0.4 is 10.7 Å². The molecule has 0 aliphatic rings. The number of nitrogens with zero attached hydrogens (tertiary/aromatic N) is 3. The van der Waals surface area contributed by atoms with Crippen LogP contribution in [-0.4, -0.2) is 20.4 Å². The monoisotopic (exact) mass is 336 g/mol. The molecule has 0 saturated heterocycles. The molecule has 3 aromatic heterocycles. The first kappa shape index (κ1) is 16.8. The molecule has 3 rings (SSSR count). The Morgan fingerprint density at radius 1 is 1.32 bits per heavy atom. The van der Waals surface area contributed by atoms with Crippen LogP contribution in [0.15, 0.2) is 47.7 Å². The number of pyridine rings is 3. The second kappa shape index (κ2) is 6.84. The predicted octanol–water partition coefficient (Wildman–Crippen LogP) is 2.61. The Morgan fingerprint density at radius 2 is 2.12 bits per heavy atom. The summed E-state index contributed by atoms with van der Waals surface area (Å²) in [7, 11) is 0. The molecule has 6 heteroatoms. The lowest BCUT2D eigenvalue weighted by Gasteiger charge is -2.15. The quantitative estimate of drug-likeness (QED) is 0.794. The number of hydrogen-bond donors (Lipinski definition) is 1. The zero-order chi connectivity index (χ0) is 18.0. The maximum absolute atomic E-state index is 12.7. The summed E-state index contributed by atoms with van der Waals surface area (Å²) in [5.41, 5.74) is 2.13. The summed E-state index contributed by atoms with van der Waals surface area (Å²) in [4.78, 5) is 33.9. The van der Waals surface area contributed by atoms with Crippen LogP contribution in [0.25, 0.3) is 11.0 Å². The van der Waals surface area contributed by atoms with E-state index in [-0.39, 0.29) is 17.0 Å². The standard InChI is InChI=1S/C19H20N4O2/c1-4-23-11-16(17(24)15-8-7-12(2)21-18(15)23)19(25)22-13(3)14-6-5-9-20-10-14/h5-11,13H,4H2,1-3H3,(H,22,25)/t13-/m0/s1. The van der Waals surface area contributed by atoms with E-state index >= 15 is 0 Å². The zero-order valence-corrected chi connectivity index (χ0v) is 14.5. The van der Waals surface area contributed by atoms with Crippen molar-refractivity contribution in [2.75, 3.05) is 0 Å².